The van der Waals surface area contributed by atoms with Gasteiger partial charge in [-0.05, 0) is 91.8 Å². The lowest BCUT2D eigenvalue weighted by Crippen LogP contribution is -2.64. The highest BCUT2D eigenvalue weighted by Gasteiger charge is 2.69. The van der Waals surface area contributed by atoms with Gasteiger partial charge in [-0.15, -0.1) is 0 Å². The van der Waals surface area contributed by atoms with Crippen LogP contribution in [0.4, 0.5) is 8.78 Å². The summed E-state index contributed by atoms with van der Waals surface area (Å²) in [5.74, 6) is -3.42. The zero-order valence-electron chi connectivity index (χ0n) is 20.2. The SMILES string of the molecule is COC(=O)CCC[C@@H](C)[C@H]1CC[C@H]2[C@H]3[C@H](CC[C@]12C)[C@@]1(C)CC[C@H](O)[C@H](O)[C@@H]1CC3(F)F. The molecule has 0 saturated heterocycles. The highest BCUT2D eigenvalue weighted by Crippen LogP contribution is 2.71. The van der Waals surface area contributed by atoms with Gasteiger partial charge in [-0.25, -0.2) is 8.78 Å². The van der Waals surface area contributed by atoms with E-state index in [4.69, 9.17) is 4.74 Å². The molecule has 4 fully saturated rings. The van der Waals surface area contributed by atoms with Crippen molar-refractivity contribution in [3.63, 3.8) is 0 Å². The number of carbonyl (C=O) groups is 1. The maximum absolute atomic E-state index is 15.8. The Balaban J connectivity index is 1.54. The average molecular weight is 457 g/mol. The van der Waals surface area contributed by atoms with Crippen LogP contribution in [0.15, 0.2) is 0 Å². The summed E-state index contributed by atoms with van der Waals surface area (Å²) in [7, 11) is 1.41. The number of methoxy groups -OCH3 is 1. The van der Waals surface area contributed by atoms with Gasteiger partial charge >= 0.3 is 5.97 Å². The predicted molar refractivity (Wildman–Crippen MR) is 118 cm³/mol. The first kappa shape index (κ1) is 24.4. The minimum Gasteiger partial charge on any atom is -0.469 e. The predicted octanol–water partition coefficient (Wildman–Crippen LogP) is 5.20. The third-order valence-electron chi connectivity index (χ3n) is 10.8. The smallest absolute Gasteiger partial charge is 0.305 e. The Morgan fingerprint density at radius 2 is 1.69 bits per heavy atom. The molecule has 0 radical (unpaired) electrons. The van der Waals surface area contributed by atoms with E-state index in [0.29, 0.717) is 24.7 Å². The number of rotatable bonds is 5. The average Bonchev–Trinajstić information content (AvgIpc) is 3.09. The van der Waals surface area contributed by atoms with E-state index in [2.05, 4.69) is 20.8 Å². The van der Waals surface area contributed by atoms with Crippen molar-refractivity contribution >= 4 is 5.97 Å². The number of aliphatic hydroxyl groups excluding tert-OH is 2. The lowest BCUT2D eigenvalue weighted by Gasteiger charge is -2.63. The topological polar surface area (TPSA) is 66.8 Å². The van der Waals surface area contributed by atoms with Crippen LogP contribution in [0.25, 0.3) is 0 Å². The van der Waals surface area contributed by atoms with E-state index in [9.17, 15) is 15.0 Å². The first-order chi connectivity index (χ1) is 15.0. The molecule has 6 heteroatoms. The number of halogens is 2. The first-order valence-corrected chi connectivity index (χ1v) is 12.8. The molecule has 4 aliphatic rings. The van der Waals surface area contributed by atoms with E-state index < -0.39 is 30.0 Å². The molecule has 2 N–H and O–H groups in total. The van der Waals surface area contributed by atoms with E-state index in [-0.39, 0.29) is 35.1 Å². The minimum atomic E-state index is -2.80. The van der Waals surface area contributed by atoms with E-state index in [0.717, 1.165) is 44.9 Å². The van der Waals surface area contributed by atoms with Gasteiger partial charge in [0, 0.05) is 18.8 Å². The first-order valence-electron chi connectivity index (χ1n) is 12.8. The van der Waals surface area contributed by atoms with Crippen LogP contribution >= 0.6 is 0 Å². The van der Waals surface area contributed by atoms with Crippen molar-refractivity contribution in [2.75, 3.05) is 7.11 Å². The van der Waals surface area contributed by atoms with E-state index in [1.54, 1.807) is 0 Å². The lowest BCUT2D eigenvalue weighted by atomic mass is 9.43. The molecule has 0 heterocycles. The normalized spacial score (nSPS) is 48.3. The Morgan fingerprint density at radius 3 is 2.38 bits per heavy atom. The van der Waals surface area contributed by atoms with Gasteiger partial charge < -0.3 is 14.9 Å². The highest BCUT2D eigenvalue weighted by atomic mass is 19.3. The van der Waals surface area contributed by atoms with Crippen LogP contribution in [0, 0.1) is 46.3 Å². The van der Waals surface area contributed by atoms with Gasteiger partial charge in [-0.1, -0.05) is 20.8 Å². The summed E-state index contributed by atoms with van der Waals surface area (Å²) < 4.78 is 36.4. The molecule has 0 aromatic heterocycles. The Bertz CT molecular complexity index is 714. The van der Waals surface area contributed by atoms with Gasteiger partial charge in [0.05, 0.1) is 19.3 Å². The molecular weight excluding hydrogens is 414 g/mol. The molecule has 0 amide bonds. The molecule has 0 bridgehead atoms. The fraction of sp³-hybridized carbons (Fsp3) is 0.962. The second kappa shape index (κ2) is 8.48. The summed E-state index contributed by atoms with van der Waals surface area (Å²) in [6.07, 6.45) is 4.73. The minimum absolute atomic E-state index is 0.00562. The monoisotopic (exact) mass is 456 g/mol. The molecule has 32 heavy (non-hydrogen) atoms. The van der Waals surface area contributed by atoms with Crippen molar-refractivity contribution < 1.29 is 28.5 Å². The largest absolute Gasteiger partial charge is 0.469 e. The van der Waals surface area contributed by atoms with Crippen molar-refractivity contribution in [1.29, 1.82) is 0 Å². The van der Waals surface area contributed by atoms with Gasteiger partial charge in [0.15, 0.2) is 0 Å². The third-order valence-corrected chi connectivity index (χ3v) is 10.8. The molecule has 184 valence electrons. The molecule has 0 unspecified atom stereocenters. The van der Waals surface area contributed by atoms with Crippen LogP contribution in [-0.4, -0.2) is 41.4 Å². The van der Waals surface area contributed by atoms with Crippen molar-refractivity contribution in [1.82, 2.24) is 0 Å². The second-order valence-electron chi connectivity index (χ2n) is 12.1. The molecule has 4 rings (SSSR count). The van der Waals surface area contributed by atoms with Crippen molar-refractivity contribution in [3.05, 3.63) is 0 Å². The van der Waals surface area contributed by atoms with Crippen molar-refractivity contribution in [3.8, 4) is 0 Å². The summed E-state index contributed by atoms with van der Waals surface area (Å²) >= 11 is 0. The van der Waals surface area contributed by atoms with Crippen LogP contribution < -0.4 is 0 Å². The Kier molecular flexibility index (Phi) is 6.46. The zero-order chi connectivity index (χ0) is 23.5. The number of fused-ring (bicyclic) bond motifs is 5. The molecule has 4 saturated carbocycles. The molecule has 4 nitrogen and oxygen atoms in total. The molecule has 10 atom stereocenters. The van der Waals surface area contributed by atoms with Crippen LogP contribution in [0.1, 0.15) is 85.0 Å². The summed E-state index contributed by atoms with van der Waals surface area (Å²) in [6, 6.07) is 0. The number of aliphatic hydroxyl groups is 2. The number of esters is 1. The summed E-state index contributed by atoms with van der Waals surface area (Å²) in [4.78, 5) is 11.5. The van der Waals surface area contributed by atoms with Gasteiger partial charge in [-0.2, -0.15) is 0 Å². The summed E-state index contributed by atoms with van der Waals surface area (Å²) in [6.45, 7) is 6.60. The quantitative estimate of drug-likeness (QED) is 0.558. The van der Waals surface area contributed by atoms with E-state index >= 15 is 8.78 Å². The van der Waals surface area contributed by atoms with Crippen molar-refractivity contribution in [2.24, 2.45) is 46.3 Å². The molecule has 0 aliphatic heterocycles. The Hall–Kier alpha value is -0.750. The van der Waals surface area contributed by atoms with Gasteiger partial charge in [-0.3, -0.25) is 4.79 Å². The number of ether oxygens (including phenoxy) is 1. The van der Waals surface area contributed by atoms with Gasteiger partial charge in [0.2, 0.25) is 0 Å². The number of hydrogen-bond donors (Lipinski definition) is 2. The molecule has 0 spiro atoms. The summed E-state index contributed by atoms with van der Waals surface area (Å²) in [5.41, 5.74) is -0.415. The van der Waals surface area contributed by atoms with Crippen LogP contribution in [0.3, 0.4) is 0 Å². The second-order valence-corrected chi connectivity index (χ2v) is 12.1. The lowest BCUT2D eigenvalue weighted by molar-refractivity contribution is -0.258. The highest BCUT2D eigenvalue weighted by molar-refractivity contribution is 5.68. The van der Waals surface area contributed by atoms with E-state index in [1.165, 1.54) is 7.11 Å². The van der Waals surface area contributed by atoms with Crippen molar-refractivity contribution in [2.45, 2.75) is 103 Å². The maximum Gasteiger partial charge on any atom is 0.305 e. The van der Waals surface area contributed by atoms with Crippen LogP contribution in [0.5, 0.6) is 0 Å². The zero-order valence-corrected chi connectivity index (χ0v) is 20.2. The number of carbonyl (C=O) groups excluding carboxylic acids is 1. The fourth-order valence-electron chi connectivity index (χ4n) is 9.03. The molecule has 0 aromatic rings. The van der Waals surface area contributed by atoms with Gasteiger partial charge in [0.1, 0.15) is 0 Å². The molecule has 0 aromatic carbocycles. The van der Waals surface area contributed by atoms with Gasteiger partial charge in [0.25, 0.3) is 5.92 Å². The van der Waals surface area contributed by atoms with E-state index in [1.807, 2.05) is 0 Å². The Morgan fingerprint density at radius 1 is 1.03 bits per heavy atom. The summed E-state index contributed by atoms with van der Waals surface area (Å²) in [5, 5.41) is 20.8. The fourth-order valence-corrected chi connectivity index (χ4v) is 9.03. The van der Waals surface area contributed by atoms with Crippen LogP contribution in [-0.2, 0) is 9.53 Å². The standard InChI is InChI=1S/C26H42F2O4/c1-15(6-5-7-21(30)32-4)16-8-9-17-22-18(10-12-24(16,17)2)25(3)13-11-20(29)23(31)19(25)14-26(22,27)28/h15-20,22-23,29,31H,5-14H2,1-4H3/t15-,16-,17+,18+,19+,20+,22+,23-,24-,25-/m1/s1. The van der Waals surface area contributed by atoms with Crippen LogP contribution in [0.2, 0.25) is 0 Å². The number of hydrogen-bond acceptors (Lipinski definition) is 4. The third kappa shape index (κ3) is 3.72. The number of alkyl halides is 2. The molecular formula is C26H42F2O4. The Labute approximate surface area is 191 Å². The maximum atomic E-state index is 15.8. The molecule has 4 aliphatic carbocycles.